The standard InChI is InChI=1S/C27H41NO8/c1-7-28-11-25(12-32-3)17(36-13(2)29)9-18(34-5)27-15-8-14-19(15)26(31,10-16(33-4)21(14)30)20(24(27)28)22(35-6)23(25)27/h14-20,22-24,31H,7-12H2,1-6H3/t14-,15+,16-,17+,18-,19-,20-,22-,23+,24?,25-,26+,27-/m0/s1. The summed E-state index contributed by atoms with van der Waals surface area (Å²) in [5.41, 5.74) is -1.93. The smallest absolute Gasteiger partial charge is 0.302 e. The molecule has 0 amide bonds. The molecule has 5 aliphatic carbocycles. The summed E-state index contributed by atoms with van der Waals surface area (Å²) in [6, 6.07) is 0.0311. The Morgan fingerprint density at radius 1 is 1.08 bits per heavy atom. The second-order valence-electron chi connectivity index (χ2n) is 12.2. The van der Waals surface area contributed by atoms with Gasteiger partial charge in [-0.05, 0) is 18.9 Å². The maximum Gasteiger partial charge on any atom is 0.302 e. The second kappa shape index (κ2) is 8.20. The van der Waals surface area contributed by atoms with Crippen molar-refractivity contribution in [2.75, 3.05) is 48.1 Å². The molecule has 1 saturated heterocycles. The molecule has 6 rings (SSSR count). The van der Waals surface area contributed by atoms with Crippen molar-refractivity contribution in [3.05, 3.63) is 0 Å². The van der Waals surface area contributed by atoms with E-state index >= 15 is 0 Å². The van der Waals surface area contributed by atoms with Gasteiger partial charge < -0.3 is 28.8 Å². The van der Waals surface area contributed by atoms with Gasteiger partial charge in [-0.3, -0.25) is 14.5 Å². The van der Waals surface area contributed by atoms with Gasteiger partial charge in [-0.2, -0.15) is 0 Å². The molecule has 9 nitrogen and oxygen atoms in total. The van der Waals surface area contributed by atoms with Crippen molar-refractivity contribution in [3.63, 3.8) is 0 Å². The van der Waals surface area contributed by atoms with Crippen LogP contribution in [0.4, 0.5) is 0 Å². The van der Waals surface area contributed by atoms with E-state index in [2.05, 4.69) is 11.8 Å². The topological polar surface area (TPSA) is 104 Å². The van der Waals surface area contributed by atoms with E-state index in [4.69, 9.17) is 23.7 Å². The summed E-state index contributed by atoms with van der Waals surface area (Å²) in [7, 11) is 6.75. The van der Waals surface area contributed by atoms with Crippen molar-refractivity contribution in [2.24, 2.45) is 40.4 Å². The minimum Gasteiger partial charge on any atom is -0.462 e. The zero-order valence-electron chi connectivity index (χ0n) is 22.3. The Hall–Kier alpha value is -1.10. The number of likely N-dealkylation sites (tertiary alicyclic amines) is 1. The lowest BCUT2D eigenvalue weighted by atomic mass is 9.34. The van der Waals surface area contributed by atoms with Gasteiger partial charge >= 0.3 is 5.97 Å². The van der Waals surface area contributed by atoms with Crippen LogP contribution in [0.1, 0.15) is 33.1 Å². The third-order valence-electron chi connectivity index (χ3n) is 11.5. The summed E-state index contributed by atoms with van der Waals surface area (Å²) in [6.07, 6.45) is 0.115. The molecule has 0 aromatic rings. The molecule has 0 aromatic carbocycles. The third-order valence-corrected chi connectivity index (χ3v) is 11.5. The van der Waals surface area contributed by atoms with Gasteiger partial charge in [-0.1, -0.05) is 6.92 Å². The predicted molar refractivity (Wildman–Crippen MR) is 127 cm³/mol. The van der Waals surface area contributed by atoms with Crippen LogP contribution in [0.5, 0.6) is 0 Å². The Kier molecular flexibility index (Phi) is 5.74. The molecule has 1 aliphatic heterocycles. The van der Waals surface area contributed by atoms with Crippen molar-refractivity contribution in [3.8, 4) is 0 Å². The Morgan fingerprint density at radius 3 is 2.42 bits per heavy atom. The number of hydrogen-bond acceptors (Lipinski definition) is 9. The molecule has 1 unspecified atom stereocenters. The highest BCUT2D eigenvalue weighted by molar-refractivity contribution is 5.88. The number of ether oxygens (including phenoxy) is 5. The molecule has 5 bridgehead atoms. The number of hydrogen-bond donors (Lipinski definition) is 1. The predicted octanol–water partition coefficient (Wildman–Crippen LogP) is 0.906. The number of Topliss-reactive ketones (excluding diaryl/α,β-unsaturated/α-hetero) is 1. The largest absolute Gasteiger partial charge is 0.462 e. The quantitative estimate of drug-likeness (QED) is 0.504. The van der Waals surface area contributed by atoms with Crippen LogP contribution in [-0.2, 0) is 33.3 Å². The summed E-state index contributed by atoms with van der Waals surface area (Å²) in [4.78, 5) is 28.1. The Balaban J connectivity index is 1.61. The van der Waals surface area contributed by atoms with E-state index in [0.717, 1.165) is 13.0 Å². The highest BCUT2D eigenvalue weighted by Gasteiger charge is 2.88. The van der Waals surface area contributed by atoms with Gasteiger partial charge in [0.15, 0.2) is 5.78 Å². The van der Waals surface area contributed by atoms with Gasteiger partial charge in [-0.15, -0.1) is 0 Å². The van der Waals surface area contributed by atoms with Gasteiger partial charge in [0.05, 0.1) is 24.4 Å². The molecular weight excluding hydrogens is 466 g/mol. The average Bonchev–Trinajstić information content (AvgIpc) is 3.01. The summed E-state index contributed by atoms with van der Waals surface area (Å²) in [6.45, 7) is 5.51. The molecule has 6 fully saturated rings. The number of aliphatic hydroxyl groups is 1. The van der Waals surface area contributed by atoms with E-state index in [1.807, 2.05) is 0 Å². The first kappa shape index (κ1) is 25.2. The van der Waals surface area contributed by atoms with Crippen molar-refractivity contribution < 1.29 is 38.4 Å². The SMILES string of the molecule is CCN1C[C@@]2(COC)[C@H]3[C@@H](OC)[C@H]4C1[C@]3([C@@H](OC)C[C@H]2OC(C)=O)[C@@H]1C[C@@H]2C(=O)[C@@H](OC)C[C@@]4(O)[C@@H]21. The normalized spacial score (nSPS) is 54.6. The Labute approximate surface area is 213 Å². The van der Waals surface area contributed by atoms with E-state index in [1.54, 1.807) is 28.4 Å². The monoisotopic (exact) mass is 507 g/mol. The minimum atomic E-state index is -1.08. The molecule has 0 aromatic heterocycles. The fourth-order valence-electron chi connectivity index (χ4n) is 10.9. The molecule has 0 radical (unpaired) electrons. The maximum atomic E-state index is 13.3. The van der Waals surface area contributed by atoms with Crippen LogP contribution in [0.2, 0.25) is 0 Å². The maximum absolute atomic E-state index is 13.3. The highest BCUT2D eigenvalue weighted by atomic mass is 16.6. The molecular formula is C27H41NO8. The van der Waals surface area contributed by atoms with Crippen LogP contribution in [0, 0.1) is 40.4 Å². The van der Waals surface area contributed by atoms with E-state index in [1.165, 1.54) is 6.92 Å². The number of rotatable bonds is 7. The molecule has 5 saturated carbocycles. The number of nitrogens with zero attached hydrogens (tertiary/aromatic N) is 1. The average molecular weight is 508 g/mol. The fourth-order valence-corrected chi connectivity index (χ4v) is 10.9. The lowest BCUT2D eigenvalue weighted by Crippen LogP contribution is -2.82. The van der Waals surface area contributed by atoms with Crippen molar-refractivity contribution in [1.82, 2.24) is 4.90 Å². The van der Waals surface area contributed by atoms with Crippen molar-refractivity contribution >= 4 is 11.8 Å². The Bertz CT molecular complexity index is 945. The first-order valence-electron chi connectivity index (χ1n) is 13.5. The van der Waals surface area contributed by atoms with Crippen LogP contribution in [0.25, 0.3) is 0 Å². The third kappa shape index (κ3) is 2.63. The molecule has 9 heteroatoms. The molecule has 36 heavy (non-hydrogen) atoms. The second-order valence-corrected chi connectivity index (χ2v) is 12.2. The van der Waals surface area contributed by atoms with Crippen LogP contribution < -0.4 is 0 Å². The van der Waals surface area contributed by atoms with Gasteiger partial charge in [0.1, 0.15) is 12.2 Å². The molecule has 6 aliphatic rings. The van der Waals surface area contributed by atoms with Gasteiger partial charge in [-0.25, -0.2) is 0 Å². The summed E-state index contributed by atoms with van der Waals surface area (Å²) < 4.78 is 30.3. The molecule has 1 heterocycles. The highest BCUT2D eigenvalue weighted by Crippen LogP contribution is 2.80. The lowest BCUT2D eigenvalue weighted by Gasteiger charge is -2.75. The minimum absolute atomic E-state index is 0.0311. The van der Waals surface area contributed by atoms with Crippen molar-refractivity contribution in [1.29, 1.82) is 0 Å². The van der Waals surface area contributed by atoms with Gasteiger partial charge in [0.25, 0.3) is 0 Å². The summed E-state index contributed by atoms with van der Waals surface area (Å²) in [5, 5.41) is 12.7. The molecule has 13 atom stereocenters. The van der Waals surface area contributed by atoms with Gasteiger partial charge in [0, 0.05) is 95.3 Å². The molecule has 202 valence electrons. The Morgan fingerprint density at radius 2 is 1.83 bits per heavy atom. The number of carbonyl (C=O) groups is 2. The summed E-state index contributed by atoms with van der Waals surface area (Å²) >= 11 is 0. The van der Waals surface area contributed by atoms with Gasteiger partial charge in [0.2, 0.25) is 0 Å². The number of ketones is 1. The first-order valence-corrected chi connectivity index (χ1v) is 13.5. The number of fused-ring (bicyclic) bond motifs is 1. The summed E-state index contributed by atoms with van der Waals surface area (Å²) in [5.74, 6) is -0.688. The molecule has 1 spiro atoms. The van der Waals surface area contributed by atoms with E-state index in [9.17, 15) is 14.7 Å². The number of methoxy groups -OCH3 is 4. The van der Waals surface area contributed by atoms with Crippen molar-refractivity contribution in [2.45, 2.75) is 69.2 Å². The zero-order valence-corrected chi connectivity index (χ0v) is 22.3. The van der Waals surface area contributed by atoms with E-state index in [0.29, 0.717) is 26.0 Å². The number of carbonyl (C=O) groups excluding carboxylic acids is 2. The zero-order chi connectivity index (χ0) is 25.8. The van der Waals surface area contributed by atoms with Crippen LogP contribution in [-0.4, -0.2) is 106 Å². The fraction of sp³-hybridized carbons (Fsp3) is 0.926. The van der Waals surface area contributed by atoms with Crippen LogP contribution >= 0.6 is 0 Å². The van der Waals surface area contributed by atoms with Crippen LogP contribution in [0.15, 0.2) is 0 Å². The lowest BCUT2D eigenvalue weighted by molar-refractivity contribution is -0.325. The number of esters is 1. The van der Waals surface area contributed by atoms with E-state index in [-0.39, 0.29) is 65.0 Å². The molecule has 1 N–H and O–H groups in total. The van der Waals surface area contributed by atoms with E-state index < -0.39 is 23.2 Å². The van der Waals surface area contributed by atoms with Crippen LogP contribution in [0.3, 0.4) is 0 Å². The first-order chi connectivity index (χ1) is 17.2. The number of piperidine rings is 1.